The zero-order valence-corrected chi connectivity index (χ0v) is 14.0. The SMILES string of the molecule is CCNCc1ccc(N(CCOC)C(C)C)cc1Br. The average Bonchev–Trinajstić information content (AvgIpc) is 2.38. The van der Waals surface area contributed by atoms with Crippen LogP contribution in [-0.2, 0) is 11.3 Å². The number of anilines is 1. The predicted octanol–water partition coefficient (Wildman–Crippen LogP) is 3.42. The normalized spacial score (nSPS) is 11.1. The van der Waals surface area contributed by atoms with Crippen molar-refractivity contribution in [3.05, 3.63) is 28.2 Å². The topological polar surface area (TPSA) is 24.5 Å². The zero-order valence-electron chi connectivity index (χ0n) is 12.4. The van der Waals surface area contributed by atoms with Crippen LogP contribution >= 0.6 is 15.9 Å². The van der Waals surface area contributed by atoms with E-state index in [1.165, 1.54) is 11.3 Å². The predicted molar refractivity (Wildman–Crippen MR) is 85.9 cm³/mol. The molecule has 0 saturated carbocycles. The minimum atomic E-state index is 0.460. The molecule has 0 amide bonds. The maximum absolute atomic E-state index is 5.19. The number of nitrogens with zero attached hydrogens (tertiary/aromatic N) is 1. The highest BCUT2D eigenvalue weighted by Gasteiger charge is 2.11. The molecule has 0 aliphatic heterocycles. The van der Waals surface area contributed by atoms with Gasteiger partial charge >= 0.3 is 0 Å². The number of rotatable bonds is 8. The van der Waals surface area contributed by atoms with Crippen molar-refractivity contribution < 1.29 is 4.74 Å². The summed E-state index contributed by atoms with van der Waals surface area (Å²) in [7, 11) is 1.74. The summed E-state index contributed by atoms with van der Waals surface area (Å²) < 4.78 is 6.35. The Hall–Kier alpha value is -0.580. The highest BCUT2D eigenvalue weighted by Crippen LogP contribution is 2.25. The third-order valence-corrected chi connectivity index (χ3v) is 3.83. The monoisotopic (exact) mass is 328 g/mol. The van der Waals surface area contributed by atoms with Crippen molar-refractivity contribution in [3.63, 3.8) is 0 Å². The van der Waals surface area contributed by atoms with Gasteiger partial charge in [-0.2, -0.15) is 0 Å². The summed E-state index contributed by atoms with van der Waals surface area (Å²) in [4.78, 5) is 2.35. The number of nitrogens with one attached hydrogen (secondary N) is 1. The fraction of sp³-hybridized carbons (Fsp3) is 0.600. The van der Waals surface area contributed by atoms with Crippen LogP contribution in [-0.4, -0.2) is 32.8 Å². The Morgan fingerprint density at radius 1 is 1.37 bits per heavy atom. The Balaban J connectivity index is 2.83. The lowest BCUT2D eigenvalue weighted by Crippen LogP contribution is -2.33. The van der Waals surface area contributed by atoms with E-state index in [1.54, 1.807) is 7.11 Å². The van der Waals surface area contributed by atoms with Crippen molar-refractivity contribution in [2.24, 2.45) is 0 Å². The van der Waals surface area contributed by atoms with E-state index in [2.05, 4.69) is 65.1 Å². The minimum Gasteiger partial charge on any atom is -0.383 e. The van der Waals surface area contributed by atoms with E-state index in [1.807, 2.05) is 0 Å². The van der Waals surface area contributed by atoms with Crippen molar-refractivity contribution in [2.75, 3.05) is 31.7 Å². The van der Waals surface area contributed by atoms with Crippen molar-refractivity contribution >= 4 is 21.6 Å². The molecule has 0 saturated heterocycles. The first-order chi connectivity index (χ1) is 9.10. The number of hydrogen-bond donors (Lipinski definition) is 1. The van der Waals surface area contributed by atoms with Crippen molar-refractivity contribution in [1.29, 1.82) is 0 Å². The lowest BCUT2D eigenvalue weighted by Gasteiger charge is -2.29. The Bertz CT molecular complexity index is 382. The van der Waals surface area contributed by atoms with E-state index in [4.69, 9.17) is 4.74 Å². The zero-order chi connectivity index (χ0) is 14.3. The van der Waals surface area contributed by atoms with Crippen LogP contribution in [0.5, 0.6) is 0 Å². The third kappa shape index (κ3) is 5.13. The summed E-state index contributed by atoms with van der Waals surface area (Å²) in [6.07, 6.45) is 0. The van der Waals surface area contributed by atoms with Gasteiger partial charge in [0.1, 0.15) is 0 Å². The number of hydrogen-bond acceptors (Lipinski definition) is 3. The average molecular weight is 329 g/mol. The van der Waals surface area contributed by atoms with E-state index >= 15 is 0 Å². The van der Waals surface area contributed by atoms with Gasteiger partial charge in [0.15, 0.2) is 0 Å². The highest BCUT2D eigenvalue weighted by atomic mass is 79.9. The molecular formula is C15H25BrN2O. The van der Waals surface area contributed by atoms with Gasteiger partial charge in [0.05, 0.1) is 6.61 Å². The molecule has 3 nitrogen and oxygen atoms in total. The lowest BCUT2D eigenvalue weighted by molar-refractivity contribution is 0.204. The Labute approximate surface area is 125 Å². The molecule has 1 aromatic rings. The van der Waals surface area contributed by atoms with Crippen LogP contribution in [0.3, 0.4) is 0 Å². The molecule has 0 unspecified atom stereocenters. The van der Waals surface area contributed by atoms with Gasteiger partial charge in [0.2, 0.25) is 0 Å². The van der Waals surface area contributed by atoms with Gasteiger partial charge in [-0.1, -0.05) is 28.9 Å². The first-order valence-corrected chi connectivity index (χ1v) is 7.64. The van der Waals surface area contributed by atoms with E-state index < -0.39 is 0 Å². The number of benzene rings is 1. The molecule has 1 aromatic carbocycles. The van der Waals surface area contributed by atoms with Crippen molar-refractivity contribution in [3.8, 4) is 0 Å². The molecule has 1 N–H and O–H groups in total. The summed E-state index contributed by atoms with van der Waals surface area (Å²) in [5.41, 5.74) is 2.53. The molecule has 0 atom stereocenters. The molecule has 0 bridgehead atoms. The molecule has 0 spiro atoms. The van der Waals surface area contributed by atoms with E-state index in [9.17, 15) is 0 Å². The standard InChI is InChI=1S/C15H25BrN2O/c1-5-17-11-13-6-7-14(10-15(13)16)18(12(2)3)8-9-19-4/h6-7,10,12,17H,5,8-9,11H2,1-4H3. The molecule has 0 radical (unpaired) electrons. The summed E-state index contributed by atoms with van der Waals surface area (Å²) in [5.74, 6) is 0. The summed E-state index contributed by atoms with van der Waals surface area (Å²) in [5, 5.41) is 3.35. The molecule has 0 heterocycles. The molecule has 0 fully saturated rings. The number of methoxy groups -OCH3 is 1. The Morgan fingerprint density at radius 3 is 2.63 bits per heavy atom. The third-order valence-electron chi connectivity index (χ3n) is 3.09. The number of ether oxygens (including phenoxy) is 1. The smallest absolute Gasteiger partial charge is 0.0637 e. The molecular weight excluding hydrogens is 304 g/mol. The first kappa shape index (κ1) is 16.5. The maximum atomic E-state index is 5.19. The van der Waals surface area contributed by atoms with E-state index in [-0.39, 0.29) is 0 Å². The molecule has 0 aliphatic rings. The first-order valence-electron chi connectivity index (χ1n) is 6.84. The molecule has 0 aromatic heterocycles. The van der Waals surface area contributed by atoms with E-state index in [0.29, 0.717) is 6.04 Å². The molecule has 1 rings (SSSR count). The van der Waals surface area contributed by atoms with Crippen LogP contribution in [0.4, 0.5) is 5.69 Å². The molecule has 4 heteroatoms. The fourth-order valence-electron chi connectivity index (χ4n) is 1.99. The van der Waals surface area contributed by atoms with Gasteiger partial charge in [0, 0.05) is 36.4 Å². The van der Waals surface area contributed by atoms with E-state index in [0.717, 1.165) is 30.7 Å². The van der Waals surface area contributed by atoms with Crippen LogP contribution in [0.15, 0.2) is 22.7 Å². The number of halogens is 1. The second kappa shape index (κ2) is 8.56. The summed E-state index contributed by atoms with van der Waals surface area (Å²) in [6.45, 7) is 10.1. The quantitative estimate of drug-likeness (QED) is 0.791. The van der Waals surface area contributed by atoms with Crippen molar-refractivity contribution in [1.82, 2.24) is 5.32 Å². The minimum absolute atomic E-state index is 0.460. The maximum Gasteiger partial charge on any atom is 0.0637 e. The summed E-state index contributed by atoms with van der Waals surface area (Å²) in [6, 6.07) is 7.03. The molecule has 0 aliphatic carbocycles. The second-order valence-electron chi connectivity index (χ2n) is 4.84. The fourth-order valence-corrected chi connectivity index (χ4v) is 2.50. The van der Waals surface area contributed by atoms with Crippen LogP contribution in [0.25, 0.3) is 0 Å². The van der Waals surface area contributed by atoms with Gasteiger partial charge in [-0.15, -0.1) is 0 Å². The Kier molecular flexibility index (Phi) is 7.42. The Morgan fingerprint density at radius 2 is 2.11 bits per heavy atom. The molecule has 19 heavy (non-hydrogen) atoms. The second-order valence-corrected chi connectivity index (χ2v) is 5.69. The van der Waals surface area contributed by atoms with Crippen LogP contribution in [0.1, 0.15) is 26.3 Å². The van der Waals surface area contributed by atoms with Crippen LogP contribution in [0.2, 0.25) is 0 Å². The van der Waals surface area contributed by atoms with Gasteiger partial charge in [0.25, 0.3) is 0 Å². The van der Waals surface area contributed by atoms with Crippen LogP contribution in [0, 0.1) is 0 Å². The lowest BCUT2D eigenvalue weighted by atomic mass is 10.1. The highest BCUT2D eigenvalue weighted by molar-refractivity contribution is 9.10. The summed E-state index contributed by atoms with van der Waals surface area (Å²) >= 11 is 3.67. The van der Waals surface area contributed by atoms with Gasteiger partial charge in [-0.3, -0.25) is 0 Å². The van der Waals surface area contributed by atoms with Gasteiger partial charge in [-0.05, 0) is 38.1 Å². The van der Waals surface area contributed by atoms with Gasteiger partial charge < -0.3 is 15.0 Å². The van der Waals surface area contributed by atoms with Gasteiger partial charge in [-0.25, -0.2) is 0 Å². The van der Waals surface area contributed by atoms with Crippen molar-refractivity contribution in [2.45, 2.75) is 33.4 Å². The largest absolute Gasteiger partial charge is 0.383 e. The van der Waals surface area contributed by atoms with Crippen LogP contribution < -0.4 is 10.2 Å². The molecule has 108 valence electrons.